The van der Waals surface area contributed by atoms with E-state index in [9.17, 15) is 14.7 Å². The van der Waals surface area contributed by atoms with E-state index < -0.39 is 23.5 Å². The van der Waals surface area contributed by atoms with E-state index in [1.54, 1.807) is 0 Å². The van der Waals surface area contributed by atoms with Gasteiger partial charge in [-0.3, -0.25) is 0 Å². The van der Waals surface area contributed by atoms with Crippen LogP contribution in [0.4, 0.5) is 4.79 Å². The molecule has 1 fully saturated rings. The lowest BCUT2D eigenvalue weighted by Crippen LogP contribution is -2.73. The molecule has 1 aliphatic carbocycles. The van der Waals surface area contributed by atoms with Crippen molar-refractivity contribution in [3.63, 3.8) is 0 Å². The SMILES string of the molecule is C[N+]1(C)CC(CCN=[N+]=[N-])([C@H](NC(=O)OCC2c3ccccc3-c3ccccc32)C(=O)O)C1. The molecular weight excluding hydrogens is 422 g/mol. The number of quaternary nitrogens is 1. The average molecular weight is 451 g/mol. The molecule has 2 aliphatic rings. The van der Waals surface area contributed by atoms with Crippen molar-refractivity contribution in [3.8, 4) is 11.1 Å². The van der Waals surface area contributed by atoms with E-state index >= 15 is 0 Å². The van der Waals surface area contributed by atoms with Crippen LogP contribution < -0.4 is 5.32 Å². The fraction of sp³-hybridized carbons (Fsp3) is 0.417. The van der Waals surface area contributed by atoms with Gasteiger partial charge in [0.25, 0.3) is 0 Å². The summed E-state index contributed by atoms with van der Waals surface area (Å²) in [6.07, 6.45) is -0.385. The van der Waals surface area contributed by atoms with E-state index in [4.69, 9.17) is 10.3 Å². The van der Waals surface area contributed by atoms with Crippen LogP contribution in [0.25, 0.3) is 21.6 Å². The highest BCUT2D eigenvalue weighted by molar-refractivity contribution is 5.82. The predicted octanol–water partition coefficient (Wildman–Crippen LogP) is 3.76. The lowest BCUT2D eigenvalue weighted by atomic mass is 9.69. The normalized spacial score (nSPS) is 18.1. The zero-order valence-electron chi connectivity index (χ0n) is 18.8. The van der Waals surface area contributed by atoms with Crippen LogP contribution in [0.15, 0.2) is 53.6 Å². The number of benzene rings is 2. The average Bonchev–Trinajstić information content (AvgIpc) is 3.08. The number of carbonyl (C=O) groups is 2. The summed E-state index contributed by atoms with van der Waals surface area (Å²) in [4.78, 5) is 27.6. The van der Waals surface area contributed by atoms with E-state index in [1.807, 2.05) is 50.5 Å². The monoisotopic (exact) mass is 450 g/mol. The molecule has 0 aromatic heterocycles. The molecule has 172 valence electrons. The summed E-state index contributed by atoms with van der Waals surface area (Å²) >= 11 is 0. The molecule has 0 spiro atoms. The van der Waals surface area contributed by atoms with E-state index in [0.29, 0.717) is 24.0 Å². The first-order chi connectivity index (χ1) is 15.8. The van der Waals surface area contributed by atoms with Gasteiger partial charge in [-0.25, -0.2) is 9.59 Å². The number of aliphatic carboxylic acids is 1. The van der Waals surface area contributed by atoms with Gasteiger partial charge >= 0.3 is 12.1 Å². The zero-order chi connectivity index (χ0) is 23.6. The van der Waals surface area contributed by atoms with E-state index in [1.165, 1.54) is 0 Å². The van der Waals surface area contributed by atoms with Crippen LogP contribution in [0.1, 0.15) is 23.5 Å². The summed E-state index contributed by atoms with van der Waals surface area (Å²) in [6.45, 7) is 1.38. The Labute approximate surface area is 192 Å². The Morgan fingerprint density at radius 2 is 1.76 bits per heavy atom. The van der Waals surface area contributed by atoms with Crippen molar-refractivity contribution in [3.05, 3.63) is 70.1 Å². The van der Waals surface area contributed by atoms with Gasteiger partial charge in [-0.05, 0) is 34.2 Å². The lowest BCUT2D eigenvalue weighted by molar-refractivity contribution is -0.950. The minimum Gasteiger partial charge on any atom is -0.480 e. The van der Waals surface area contributed by atoms with Crippen molar-refractivity contribution in [1.29, 1.82) is 0 Å². The van der Waals surface area contributed by atoms with Gasteiger partial charge in [0.05, 0.1) is 32.6 Å². The van der Waals surface area contributed by atoms with Crippen molar-refractivity contribution in [1.82, 2.24) is 5.32 Å². The van der Waals surface area contributed by atoms with E-state index in [0.717, 1.165) is 22.3 Å². The summed E-state index contributed by atoms with van der Waals surface area (Å²) in [5.74, 6) is -1.23. The van der Waals surface area contributed by atoms with Crippen molar-refractivity contribution >= 4 is 12.1 Å². The zero-order valence-corrected chi connectivity index (χ0v) is 18.8. The minimum absolute atomic E-state index is 0.107. The number of nitrogens with one attached hydrogen (secondary N) is 1. The Morgan fingerprint density at radius 3 is 2.27 bits per heavy atom. The molecule has 0 radical (unpaired) electrons. The van der Waals surface area contributed by atoms with Gasteiger partial charge in [-0.15, -0.1) is 0 Å². The Kier molecular flexibility index (Phi) is 6.01. The van der Waals surface area contributed by atoms with Crippen molar-refractivity contribution in [2.75, 3.05) is 40.3 Å². The molecule has 2 N–H and O–H groups in total. The number of carboxylic acids is 1. The maximum atomic E-state index is 12.7. The van der Waals surface area contributed by atoms with Gasteiger partial charge < -0.3 is 19.6 Å². The van der Waals surface area contributed by atoms with Crippen LogP contribution >= 0.6 is 0 Å². The van der Waals surface area contributed by atoms with Crippen LogP contribution in [0.2, 0.25) is 0 Å². The number of fused-ring (bicyclic) bond motifs is 3. The fourth-order valence-electron chi connectivity index (χ4n) is 5.70. The fourth-order valence-corrected chi connectivity index (χ4v) is 5.70. The summed E-state index contributed by atoms with van der Waals surface area (Å²) < 4.78 is 6.19. The van der Waals surface area contributed by atoms with Crippen LogP contribution in [-0.4, -0.2) is 68.0 Å². The number of nitrogens with zero attached hydrogens (tertiary/aromatic N) is 4. The van der Waals surface area contributed by atoms with Crippen LogP contribution in [0, 0.1) is 5.41 Å². The topological polar surface area (TPSA) is 124 Å². The first-order valence-corrected chi connectivity index (χ1v) is 10.9. The maximum Gasteiger partial charge on any atom is 0.407 e. The molecule has 1 amide bonds. The van der Waals surface area contributed by atoms with Gasteiger partial charge in [0.2, 0.25) is 0 Å². The largest absolute Gasteiger partial charge is 0.480 e. The second kappa shape index (κ2) is 8.77. The molecule has 0 saturated carbocycles. The Hall–Kier alpha value is -3.55. The van der Waals surface area contributed by atoms with Crippen LogP contribution in [-0.2, 0) is 9.53 Å². The van der Waals surface area contributed by atoms with Gasteiger partial charge in [0.15, 0.2) is 0 Å². The number of carboxylic acid groups (broad SMARTS) is 1. The molecular formula is C24H28N5O4+. The third-order valence-electron chi connectivity index (χ3n) is 6.72. The number of alkyl carbamates (subject to hydrolysis) is 1. The second-order valence-corrected chi connectivity index (χ2v) is 9.56. The first-order valence-electron chi connectivity index (χ1n) is 10.9. The maximum absolute atomic E-state index is 12.7. The predicted molar refractivity (Wildman–Crippen MR) is 123 cm³/mol. The van der Waals surface area contributed by atoms with Gasteiger partial charge in [-0.1, -0.05) is 53.6 Å². The molecule has 9 nitrogen and oxygen atoms in total. The molecule has 2 aromatic carbocycles. The lowest BCUT2D eigenvalue weighted by Gasteiger charge is -2.55. The first kappa shape index (κ1) is 22.6. The van der Waals surface area contributed by atoms with Crippen LogP contribution in [0.3, 0.4) is 0 Å². The molecule has 1 heterocycles. The van der Waals surface area contributed by atoms with Crippen molar-refractivity contribution in [2.45, 2.75) is 18.4 Å². The molecule has 0 unspecified atom stereocenters. The summed E-state index contributed by atoms with van der Waals surface area (Å²) in [5, 5.41) is 16.1. The molecule has 9 heteroatoms. The molecule has 1 saturated heterocycles. The third kappa shape index (κ3) is 4.37. The van der Waals surface area contributed by atoms with Crippen LogP contribution in [0.5, 0.6) is 0 Å². The molecule has 0 bridgehead atoms. The Bertz CT molecular complexity index is 1070. The number of ether oxygens (including phenoxy) is 1. The number of carbonyl (C=O) groups excluding carboxylic acids is 1. The van der Waals surface area contributed by atoms with Crippen molar-refractivity contribution in [2.24, 2.45) is 10.5 Å². The molecule has 2 aromatic rings. The number of amides is 1. The summed E-state index contributed by atoms with van der Waals surface area (Å²) in [5.41, 5.74) is 12.3. The Balaban J connectivity index is 1.47. The van der Waals surface area contributed by atoms with Gasteiger partial charge in [0.1, 0.15) is 12.6 Å². The van der Waals surface area contributed by atoms with E-state index in [-0.39, 0.29) is 19.1 Å². The molecule has 1 atom stereocenters. The number of rotatable bonds is 8. The smallest absolute Gasteiger partial charge is 0.407 e. The van der Waals surface area contributed by atoms with E-state index in [2.05, 4.69) is 27.5 Å². The molecule has 1 aliphatic heterocycles. The quantitative estimate of drug-likeness (QED) is 0.275. The number of hydrogen-bond donors (Lipinski definition) is 2. The summed E-state index contributed by atoms with van der Waals surface area (Å²) in [7, 11) is 4.00. The van der Waals surface area contributed by atoms with Gasteiger partial charge in [0, 0.05) is 17.4 Å². The third-order valence-corrected chi connectivity index (χ3v) is 6.72. The Morgan fingerprint density at radius 1 is 1.18 bits per heavy atom. The minimum atomic E-state index is -1.13. The summed E-state index contributed by atoms with van der Waals surface area (Å²) in [6, 6.07) is 14.9. The number of hydrogen-bond acceptors (Lipinski definition) is 4. The highest BCUT2D eigenvalue weighted by Gasteiger charge is 2.59. The van der Waals surface area contributed by atoms with Gasteiger partial charge in [-0.2, -0.15) is 0 Å². The highest BCUT2D eigenvalue weighted by Crippen LogP contribution is 2.45. The highest BCUT2D eigenvalue weighted by atomic mass is 16.5. The standard InChI is InChI=1S/C24H27N5O4/c1-29(2)14-24(15-29,11-12-26-28-25)21(22(30)31)27-23(32)33-13-20-18-9-5-3-7-16(18)17-8-4-6-10-19(17)20/h3-10,20-21H,11-15H2,1-2H3,(H-,27,30,31,32)/p+1/t21-/m1/s1. The second-order valence-electron chi connectivity index (χ2n) is 9.56. The molecule has 4 rings (SSSR count). The number of likely N-dealkylation sites (tertiary alicyclic amines) is 1. The van der Waals surface area contributed by atoms with Crippen molar-refractivity contribution < 1.29 is 23.9 Å². The number of azide groups is 1. The molecule has 33 heavy (non-hydrogen) atoms.